The van der Waals surface area contributed by atoms with Gasteiger partial charge in [-0.2, -0.15) is 0 Å². The number of aliphatic hydroxyl groups excluding tert-OH is 2. The lowest BCUT2D eigenvalue weighted by molar-refractivity contribution is -0.126. The molecule has 0 unspecified atom stereocenters. The molecule has 0 radical (unpaired) electrons. The van der Waals surface area contributed by atoms with Crippen molar-refractivity contribution in [3.63, 3.8) is 0 Å². The van der Waals surface area contributed by atoms with Crippen molar-refractivity contribution in [1.29, 1.82) is 0 Å². The zero-order chi connectivity index (χ0) is 18.8. The summed E-state index contributed by atoms with van der Waals surface area (Å²) < 4.78 is 0. The lowest BCUT2D eigenvalue weighted by Crippen LogP contribution is -2.46. The molecule has 1 fully saturated rings. The van der Waals surface area contributed by atoms with Gasteiger partial charge in [-0.25, -0.2) is 9.99 Å². The fourth-order valence-corrected chi connectivity index (χ4v) is 3.85. The molecule has 1 aliphatic rings. The van der Waals surface area contributed by atoms with Crippen LogP contribution in [0.2, 0.25) is 0 Å². The number of hydrogen-bond donors (Lipinski definition) is 3. The van der Waals surface area contributed by atoms with E-state index >= 15 is 0 Å². The zero-order valence-electron chi connectivity index (χ0n) is 15.0. The van der Waals surface area contributed by atoms with E-state index in [-0.39, 0.29) is 18.6 Å². The Labute approximate surface area is 157 Å². The minimum absolute atomic E-state index is 0.0863. The summed E-state index contributed by atoms with van der Waals surface area (Å²) >= 11 is 0. The Bertz CT molecular complexity index is 921. The Hall–Kier alpha value is -2.54. The number of nitrogens with one attached hydrogen (secondary N) is 1. The van der Waals surface area contributed by atoms with Gasteiger partial charge in [0, 0.05) is 23.7 Å². The maximum atomic E-state index is 12.5. The number of para-hydroxylation sites is 2. The number of aliphatic hydroxyl groups is 2. The molecule has 2 atom stereocenters. The fraction of sp³-hybridized carbons (Fsp3) is 0.333. The highest BCUT2D eigenvalue weighted by Gasteiger charge is 2.31. The zero-order valence-corrected chi connectivity index (χ0v) is 15.0. The number of rotatable bonds is 5. The maximum absolute atomic E-state index is 12.5. The van der Waals surface area contributed by atoms with Crippen molar-refractivity contribution < 1.29 is 15.0 Å². The van der Waals surface area contributed by atoms with Crippen LogP contribution in [0.1, 0.15) is 18.4 Å². The number of carbonyl (C=O) groups is 1. The van der Waals surface area contributed by atoms with Gasteiger partial charge in [-0.05, 0) is 30.5 Å². The lowest BCUT2D eigenvalue weighted by Gasteiger charge is -2.23. The number of hydrogen-bond acceptors (Lipinski definition) is 5. The van der Waals surface area contributed by atoms with E-state index in [1.165, 1.54) is 0 Å². The van der Waals surface area contributed by atoms with E-state index in [0.29, 0.717) is 25.8 Å². The average molecular weight is 365 g/mol. The molecule has 6 heteroatoms. The Balaban J connectivity index is 1.55. The number of aryl methyl sites for hydroxylation is 1. The molecule has 0 saturated carbocycles. The van der Waals surface area contributed by atoms with Gasteiger partial charge in [-0.3, -0.25) is 10.2 Å². The number of pyridine rings is 1. The molecule has 1 aliphatic heterocycles. The highest BCUT2D eigenvalue weighted by Crippen LogP contribution is 2.27. The van der Waals surface area contributed by atoms with E-state index in [1.807, 2.05) is 48.5 Å². The van der Waals surface area contributed by atoms with Crippen molar-refractivity contribution in [2.75, 3.05) is 13.2 Å². The summed E-state index contributed by atoms with van der Waals surface area (Å²) in [5.74, 6) is -0.118. The first-order valence-electron chi connectivity index (χ1n) is 9.27. The lowest BCUT2D eigenvalue weighted by atomic mass is 9.98. The van der Waals surface area contributed by atoms with Crippen molar-refractivity contribution in [1.82, 2.24) is 15.4 Å². The molecule has 0 bridgehead atoms. The van der Waals surface area contributed by atoms with Crippen molar-refractivity contribution in [3.05, 3.63) is 54.1 Å². The van der Waals surface area contributed by atoms with Gasteiger partial charge in [0.25, 0.3) is 0 Å². The summed E-state index contributed by atoms with van der Waals surface area (Å²) in [6.45, 7) is 0.259. The molecule has 2 aromatic carbocycles. The second-order valence-corrected chi connectivity index (χ2v) is 7.04. The number of aromatic nitrogens is 1. The second-order valence-electron chi connectivity index (χ2n) is 7.04. The van der Waals surface area contributed by atoms with Crippen molar-refractivity contribution in [2.45, 2.75) is 31.4 Å². The smallest absolute Gasteiger partial charge is 0.234 e. The third-order valence-corrected chi connectivity index (χ3v) is 5.17. The summed E-state index contributed by atoms with van der Waals surface area (Å²) in [5.41, 5.74) is 5.80. The first-order valence-corrected chi connectivity index (χ1v) is 9.27. The van der Waals surface area contributed by atoms with Crippen molar-refractivity contribution in [3.8, 4) is 0 Å². The van der Waals surface area contributed by atoms with Crippen LogP contribution in [0.4, 0.5) is 0 Å². The number of benzene rings is 2. The Morgan fingerprint density at radius 1 is 1.11 bits per heavy atom. The van der Waals surface area contributed by atoms with E-state index < -0.39 is 6.10 Å². The summed E-state index contributed by atoms with van der Waals surface area (Å²) in [6.07, 6.45) is 0.866. The molecule has 0 spiro atoms. The van der Waals surface area contributed by atoms with E-state index in [9.17, 15) is 15.0 Å². The highest BCUT2D eigenvalue weighted by atomic mass is 16.3. The predicted molar refractivity (Wildman–Crippen MR) is 104 cm³/mol. The third kappa shape index (κ3) is 3.64. The van der Waals surface area contributed by atoms with Crippen LogP contribution in [0.15, 0.2) is 48.5 Å². The van der Waals surface area contributed by atoms with E-state index in [1.54, 1.807) is 5.01 Å². The minimum Gasteiger partial charge on any atom is -0.395 e. The van der Waals surface area contributed by atoms with Gasteiger partial charge in [0.2, 0.25) is 5.91 Å². The minimum atomic E-state index is -0.518. The molecule has 27 heavy (non-hydrogen) atoms. The van der Waals surface area contributed by atoms with Crippen LogP contribution >= 0.6 is 0 Å². The van der Waals surface area contributed by atoms with Crippen LogP contribution in [0.3, 0.4) is 0 Å². The maximum Gasteiger partial charge on any atom is 0.234 e. The van der Waals surface area contributed by atoms with Gasteiger partial charge in [-0.15, -0.1) is 0 Å². The number of nitrogens with zero attached hydrogens (tertiary/aromatic N) is 2. The molecule has 140 valence electrons. The molecule has 1 saturated heterocycles. The molecule has 4 rings (SSSR count). The number of β-amino-alcohol motifs (C(OH)–C–C–N with tert-alkyl or cyclic N) is 1. The number of fused-ring (bicyclic) bond motifs is 2. The molecular weight excluding hydrogens is 342 g/mol. The quantitative estimate of drug-likeness (QED) is 0.600. The second kappa shape index (κ2) is 7.60. The summed E-state index contributed by atoms with van der Waals surface area (Å²) in [6, 6.07) is 15.7. The van der Waals surface area contributed by atoms with Crippen molar-refractivity contribution in [2.24, 2.45) is 0 Å². The van der Waals surface area contributed by atoms with Crippen LogP contribution in [0, 0.1) is 0 Å². The Kier molecular flexibility index (Phi) is 5.03. The van der Waals surface area contributed by atoms with Gasteiger partial charge in [-0.1, -0.05) is 36.4 Å². The highest BCUT2D eigenvalue weighted by molar-refractivity contribution is 5.97. The van der Waals surface area contributed by atoms with E-state index in [2.05, 4.69) is 5.43 Å². The summed E-state index contributed by atoms with van der Waals surface area (Å²) in [5, 5.41) is 22.9. The van der Waals surface area contributed by atoms with Gasteiger partial charge < -0.3 is 10.2 Å². The topological polar surface area (TPSA) is 85.7 Å². The van der Waals surface area contributed by atoms with Gasteiger partial charge >= 0.3 is 0 Å². The first-order chi connectivity index (χ1) is 13.2. The van der Waals surface area contributed by atoms with Crippen LogP contribution in [-0.2, 0) is 11.2 Å². The largest absolute Gasteiger partial charge is 0.395 e. The van der Waals surface area contributed by atoms with Crippen LogP contribution in [-0.4, -0.2) is 51.4 Å². The normalized spacial score (nSPS) is 20.4. The molecular formula is C21H23N3O3. The summed E-state index contributed by atoms with van der Waals surface area (Å²) in [4.78, 5) is 17.2. The number of amides is 1. The summed E-state index contributed by atoms with van der Waals surface area (Å²) in [7, 11) is 0. The van der Waals surface area contributed by atoms with E-state index in [4.69, 9.17) is 4.98 Å². The standard InChI is InChI=1S/C21H23N3O3/c25-13-14-11-15(26)12-24(14)23-21(27)10-9-16-17-5-1-3-7-19(17)22-20-8-4-2-6-18(16)20/h1-8,14-15,25-26H,9-13H2,(H,23,27)/t14-,15+/m0/s1. The fourth-order valence-electron chi connectivity index (χ4n) is 3.85. The van der Waals surface area contributed by atoms with Gasteiger partial charge in [0.05, 0.1) is 29.8 Å². The van der Waals surface area contributed by atoms with Crippen molar-refractivity contribution >= 4 is 27.7 Å². The molecule has 1 aromatic heterocycles. The third-order valence-electron chi connectivity index (χ3n) is 5.17. The molecule has 0 aliphatic carbocycles. The Morgan fingerprint density at radius 2 is 1.74 bits per heavy atom. The monoisotopic (exact) mass is 365 g/mol. The van der Waals surface area contributed by atoms with Gasteiger partial charge in [0.1, 0.15) is 0 Å². The SMILES string of the molecule is O=C(CCc1c2ccccc2nc2ccccc12)NN1C[C@H](O)C[C@H]1CO. The van der Waals surface area contributed by atoms with Gasteiger partial charge in [0.15, 0.2) is 0 Å². The van der Waals surface area contributed by atoms with Crippen LogP contribution in [0.5, 0.6) is 0 Å². The Morgan fingerprint density at radius 3 is 2.37 bits per heavy atom. The van der Waals surface area contributed by atoms with Crippen LogP contribution in [0.25, 0.3) is 21.8 Å². The molecule has 3 N–H and O–H groups in total. The molecule has 1 amide bonds. The predicted octanol–water partition coefficient (Wildman–Crippen LogP) is 1.78. The average Bonchev–Trinajstić information content (AvgIpc) is 3.04. The van der Waals surface area contributed by atoms with Crippen LogP contribution < -0.4 is 5.43 Å². The first kappa shape index (κ1) is 17.9. The molecule has 2 heterocycles. The molecule has 3 aromatic rings. The molecule has 6 nitrogen and oxygen atoms in total. The number of hydrazine groups is 1. The number of carbonyl (C=O) groups excluding carboxylic acids is 1. The van der Waals surface area contributed by atoms with E-state index in [0.717, 1.165) is 27.4 Å².